The van der Waals surface area contributed by atoms with Crippen LogP contribution in [-0.2, 0) is 14.6 Å². The molecule has 1 unspecified atom stereocenters. The Hall–Kier alpha value is -1.57. The van der Waals surface area contributed by atoms with Gasteiger partial charge < -0.3 is 15.7 Å². The van der Waals surface area contributed by atoms with Gasteiger partial charge in [-0.05, 0) is 11.5 Å². The number of carbonyl (C=O) groups is 2. The maximum Gasteiger partial charge on any atom is 0.326 e. The van der Waals surface area contributed by atoms with Gasteiger partial charge in [0.05, 0.1) is 11.8 Å². The molecule has 1 heterocycles. The Bertz CT molecular complexity index is 504. The van der Waals surface area contributed by atoms with E-state index in [2.05, 4.69) is 10.6 Å². The Labute approximate surface area is 112 Å². The standard InChI is InChI=1S/C11H18N2O5S/c1-11(2,3)8(9(14)15)13-10(16)12-7-4-5-19(17,18)6-7/h4-5,7-8H,6H2,1-3H3,(H,14,15)(H2,12,13,16)/t7?,8-/m1/s1. The molecule has 0 radical (unpaired) electrons. The highest BCUT2D eigenvalue weighted by molar-refractivity contribution is 7.94. The molecule has 1 aliphatic heterocycles. The summed E-state index contributed by atoms with van der Waals surface area (Å²) in [6.45, 7) is 5.06. The summed E-state index contributed by atoms with van der Waals surface area (Å²) in [5, 5.41) is 14.8. The Balaban J connectivity index is 2.61. The second kappa shape index (κ2) is 5.20. The lowest BCUT2D eigenvalue weighted by atomic mass is 9.87. The van der Waals surface area contributed by atoms with E-state index in [0.717, 1.165) is 5.41 Å². The van der Waals surface area contributed by atoms with Gasteiger partial charge in [0.25, 0.3) is 0 Å². The average molecular weight is 290 g/mol. The highest BCUT2D eigenvalue weighted by Crippen LogP contribution is 2.19. The minimum absolute atomic E-state index is 0.201. The monoisotopic (exact) mass is 290 g/mol. The molecule has 0 fully saturated rings. The van der Waals surface area contributed by atoms with Crippen LogP contribution in [0, 0.1) is 5.41 Å². The predicted molar refractivity (Wildman–Crippen MR) is 69.3 cm³/mol. The van der Waals surface area contributed by atoms with Crippen LogP contribution in [0.25, 0.3) is 0 Å². The van der Waals surface area contributed by atoms with E-state index in [0.29, 0.717) is 0 Å². The van der Waals surface area contributed by atoms with Crippen molar-refractivity contribution < 1.29 is 23.1 Å². The van der Waals surface area contributed by atoms with E-state index < -0.39 is 39.3 Å². The first-order chi connectivity index (χ1) is 8.51. The molecule has 108 valence electrons. The molecule has 1 rings (SSSR count). The molecule has 3 N–H and O–H groups in total. The van der Waals surface area contributed by atoms with E-state index in [9.17, 15) is 18.0 Å². The zero-order valence-electron chi connectivity index (χ0n) is 11.0. The zero-order valence-corrected chi connectivity index (χ0v) is 11.8. The fourth-order valence-electron chi connectivity index (χ4n) is 1.66. The molecule has 7 nitrogen and oxygen atoms in total. The van der Waals surface area contributed by atoms with E-state index in [1.807, 2.05) is 0 Å². The summed E-state index contributed by atoms with van der Waals surface area (Å²) in [5.74, 6) is -1.34. The van der Waals surface area contributed by atoms with Crippen LogP contribution in [0.3, 0.4) is 0 Å². The SMILES string of the molecule is CC(C)(C)[C@H](NC(=O)NC1C=CS(=O)(=O)C1)C(=O)O. The summed E-state index contributed by atoms with van der Waals surface area (Å²) >= 11 is 0. The lowest BCUT2D eigenvalue weighted by Gasteiger charge is -2.28. The summed E-state index contributed by atoms with van der Waals surface area (Å²) in [5.41, 5.74) is -0.652. The first kappa shape index (κ1) is 15.5. The topological polar surface area (TPSA) is 113 Å². The van der Waals surface area contributed by atoms with E-state index in [-0.39, 0.29) is 5.75 Å². The third-order valence-corrected chi connectivity index (χ3v) is 4.03. The van der Waals surface area contributed by atoms with Crippen LogP contribution in [0.4, 0.5) is 4.79 Å². The first-order valence-corrected chi connectivity index (χ1v) is 7.43. The molecule has 0 spiro atoms. The Morgan fingerprint density at radius 3 is 2.32 bits per heavy atom. The van der Waals surface area contributed by atoms with Gasteiger partial charge in [-0.3, -0.25) is 0 Å². The Morgan fingerprint density at radius 1 is 1.37 bits per heavy atom. The van der Waals surface area contributed by atoms with Crippen LogP contribution >= 0.6 is 0 Å². The van der Waals surface area contributed by atoms with Gasteiger partial charge in [-0.2, -0.15) is 0 Å². The molecule has 2 atom stereocenters. The average Bonchev–Trinajstić information content (AvgIpc) is 2.52. The van der Waals surface area contributed by atoms with Crippen molar-refractivity contribution in [2.24, 2.45) is 5.41 Å². The molecule has 0 aromatic carbocycles. The number of sulfone groups is 1. The van der Waals surface area contributed by atoms with Crippen molar-refractivity contribution in [1.29, 1.82) is 0 Å². The third kappa shape index (κ3) is 4.55. The number of carboxylic acid groups (broad SMARTS) is 1. The van der Waals surface area contributed by atoms with Gasteiger partial charge in [-0.25, -0.2) is 18.0 Å². The number of amides is 2. The lowest BCUT2D eigenvalue weighted by molar-refractivity contribution is -0.141. The van der Waals surface area contributed by atoms with Crippen molar-refractivity contribution in [2.45, 2.75) is 32.9 Å². The number of hydrogen-bond acceptors (Lipinski definition) is 4. The minimum atomic E-state index is -3.25. The molecule has 0 aromatic heterocycles. The molecular weight excluding hydrogens is 272 g/mol. The van der Waals surface area contributed by atoms with Crippen LogP contribution in [-0.4, -0.2) is 43.4 Å². The van der Waals surface area contributed by atoms with Crippen molar-refractivity contribution in [3.8, 4) is 0 Å². The maximum atomic E-state index is 11.7. The maximum absolute atomic E-state index is 11.7. The molecule has 0 aromatic rings. The Kier molecular flexibility index (Phi) is 4.24. The van der Waals surface area contributed by atoms with E-state index in [4.69, 9.17) is 5.11 Å². The van der Waals surface area contributed by atoms with Crippen molar-refractivity contribution in [2.75, 3.05) is 5.75 Å². The van der Waals surface area contributed by atoms with Crippen molar-refractivity contribution in [3.63, 3.8) is 0 Å². The van der Waals surface area contributed by atoms with E-state index >= 15 is 0 Å². The summed E-state index contributed by atoms with van der Waals surface area (Å²) < 4.78 is 22.3. The van der Waals surface area contributed by atoms with Gasteiger partial charge in [-0.15, -0.1) is 0 Å². The van der Waals surface area contributed by atoms with Gasteiger partial charge in [0, 0.05) is 5.41 Å². The molecule has 0 aliphatic carbocycles. The number of rotatable bonds is 3. The Morgan fingerprint density at radius 2 is 1.95 bits per heavy atom. The summed E-state index contributed by atoms with van der Waals surface area (Å²) in [6.07, 6.45) is 1.36. The number of aliphatic carboxylic acids is 1. The molecule has 0 saturated carbocycles. The highest BCUT2D eigenvalue weighted by Gasteiger charge is 2.33. The van der Waals surface area contributed by atoms with Gasteiger partial charge in [-0.1, -0.05) is 20.8 Å². The number of nitrogens with one attached hydrogen (secondary N) is 2. The molecule has 0 saturated heterocycles. The first-order valence-electron chi connectivity index (χ1n) is 5.72. The smallest absolute Gasteiger partial charge is 0.326 e. The van der Waals surface area contributed by atoms with Crippen molar-refractivity contribution in [1.82, 2.24) is 10.6 Å². The summed E-state index contributed by atoms with van der Waals surface area (Å²) in [6, 6.07) is -2.39. The van der Waals surface area contributed by atoms with E-state index in [1.165, 1.54) is 6.08 Å². The zero-order chi connectivity index (χ0) is 14.8. The number of carboxylic acids is 1. The largest absolute Gasteiger partial charge is 0.480 e. The fourth-order valence-corrected chi connectivity index (χ4v) is 2.89. The normalized spacial score (nSPS) is 22.8. The molecule has 0 bridgehead atoms. The number of urea groups is 1. The quantitative estimate of drug-likeness (QED) is 0.682. The lowest BCUT2D eigenvalue weighted by Crippen LogP contribution is -2.54. The third-order valence-electron chi connectivity index (χ3n) is 2.63. The fraction of sp³-hybridized carbons (Fsp3) is 0.636. The van der Waals surface area contributed by atoms with Gasteiger partial charge >= 0.3 is 12.0 Å². The molecule has 19 heavy (non-hydrogen) atoms. The molecule has 1 aliphatic rings. The summed E-state index contributed by atoms with van der Waals surface area (Å²) in [4.78, 5) is 22.7. The van der Waals surface area contributed by atoms with Crippen LogP contribution in [0.1, 0.15) is 20.8 Å². The number of hydrogen-bond donors (Lipinski definition) is 3. The van der Waals surface area contributed by atoms with Crippen LogP contribution in [0.15, 0.2) is 11.5 Å². The second-order valence-electron chi connectivity index (χ2n) is 5.52. The predicted octanol–water partition coefficient (Wildman–Crippen LogP) is 0.0956. The highest BCUT2D eigenvalue weighted by atomic mass is 32.2. The van der Waals surface area contributed by atoms with Crippen LogP contribution in [0.5, 0.6) is 0 Å². The minimum Gasteiger partial charge on any atom is -0.480 e. The van der Waals surface area contributed by atoms with Crippen LogP contribution < -0.4 is 10.6 Å². The van der Waals surface area contributed by atoms with Gasteiger partial charge in [0.1, 0.15) is 6.04 Å². The van der Waals surface area contributed by atoms with E-state index in [1.54, 1.807) is 20.8 Å². The number of carbonyl (C=O) groups excluding carboxylic acids is 1. The molecular formula is C11H18N2O5S. The molecule has 2 amide bonds. The van der Waals surface area contributed by atoms with Crippen LogP contribution in [0.2, 0.25) is 0 Å². The van der Waals surface area contributed by atoms with Crippen molar-refractivity contribution in [3.05, 3.63) is 11.5 Å². The summed E-state index contributed by atoms with van der Waals surface area (Å²) in [7, 11) is -3.25. The second-order valence-corrected chi connectivity index (χ2v) is 7.45. The van der Waals surface area contributed by atoms with Crippen molar-refractivity contribution >= 4 is 21.8 Å². The molecule has 8 heteroatoms. The van der Waals surface area contributed by atoms with Gasteiger partial charge in [0.2, 0.25) is 0 Å². The van der Waals surface area contributed by atoms with Gasteiger partial charge in [0.15, 0.2) is 9.84 Å².